The van der Waals surface area contributed by atoms with Crippen LogP contribution in [0.4, 0.5) is 8.78 Å². The van der Waals surface area contributed by atoms with E-state index < -0.39 is 6.61 Å². The molecule has 0 amide bonds. The number of imidazole rings is 1. The largest absolute Gasteiger partial charge is 0.434 e. The zero-order chi connectivity index (χ0) is 17.1. The standard InChI is InChI=1S/C18H14F2N2O2/c1-22-10-15(21-17(22)12-5-3-2-4-6-12)13-7-8-14(11-23)16(9-13)24-18(19)20/h2-11,18H,1H3. The van der Waals surface area contributed by atoms with E-state index in [1.807, 2.05) is 41.9 Å². The third kappa shape index (κ3) is 3.17. The van der Waals surface area contributed by atoms with Crippen LogP contribution in [0.5, 0.6) is 5.75 Å². The summed E-state index contributed by atoms with van der Waals surface area (Å²) in [5, 5.41) is 0. The second kappa shape index (κ2) is 6.62. The Hall–Kier alpha value is -3.02. The maximum Gasteiger partial charge on any atom is 0.387 e. The van der Waals surface area contributed by atoms with Crippen molar-refractivity contribution in [3.8, 4) is 28.4 Å². The van der Waals surface area contributed by atoms with Gasteiger partial charge in [-0.2, -0.15) is 8.78 Å². The molecule has 122 valence electrons. The first-order chi connectivity index (χ1) is 11.6. The SMILES string of the molecule is Cn1cc(-c2ccc(C=O)c(OC(F)F)c2)nc1-c1ccccc1. The van der Waals surface area contributed by atoms with E-state index >= 15 is 0 Å². The van der Waals surface area contributed by atoms with Crippen LogP contribution in [0.25, 0.3) is 22.6 Å². The molecule has 0 aliphatic heterocycles. The van der Waals surface area contributed by atoms with Crippen molar-refractivity contribution < 1.29 is 18.3 Å². The van der Waals surface area contributed by atoms with Gasteiger partial charge in [-0.25, -0.2) is 4.98 Å². The molecule has 3 rings (SSSR count). The van der Waals surface area contributed by atoms with Crippen molar-refractivity contribution in [3.05, 3.63) is 60.3 Å². The number of hydrogen-bond donors (Lipinski definition) is 0. The quantitative estimate of drug-likeness (QED) is 0.660. The minimum Gasteiger partial charge on any atom is -0.434 e. The van der Waals surface area contributed by atoms with E-state index in [2.05, 4.69) is 9.72 Å². The van der Waals surface area contributed by atoms with Gasteiger partial charge in [0.2, 0.25) is 0 Å². The number of benzene rings is 2. The van der Waals surface area contributed by atoms with Gasteiger partial charge < -0.3 is 9.30 Å². The Kier molecular flexibility index (Phi) is 4.37. The molecule has 0 aliphatic rings. The highest BCUT2D eigenvalue weighted by molar-refractivity contribution is 5.81. The Balaban J connectivity index is 2.02. The fourth-order valence-corrected chi connectivity index (χ4v) is 2.45. The van der Waals surface area contributed by atoms with Gasteiger partial charge in [-0.05, 0) is 12.1 Å². The van der Waals surface area contributed by atoms with E-state index in [-0.39, 0.29) is 11.3 Å². The number of aryl methyl sites for hydroxylation is 1. The number of carbonyl (C=O) groups excluding carboxylic acids is 1. The lowest BCUT2D eigenvalue weighted by molar-refractivity contribution is -0.0500. The average Bonchev–Trinajstić information content (AvgIpc) is 2.97. The molecular weight excluding hydrogens is 314 g/mol. The monoisotopic (exact) mass is 328 g/mol. The number of carbonyl (C=O) groups is 1. The van der Waals surface area contributed by atoms with Gasteiger partial charge in [0.25, 0.3) is 0 Å². The van der Waals surface area contributed by atoms with E-state index in [4.69, 9.17) is 0 Å². The second-order valence-corrected chi connectivity index (χ2v) is 5.18. The molecule has 0 atom stereocenters. The Labute approximate surface area is 137 Å². The molecule has 2 aromatic carbocycles. The van der Waals surface area contributed by atoms with Crippen LogP contribution in [0.2, 0.25) is 0 Å². The van der Waals surface area contributed by atoms with Crippen LogP contribution in [0, 0.1) is 0 Å². The smallest absolute Gasteiger partial charge is 0.387 e. The van der Waals surface area contributed by atoms with Crippen LogP contribution < -0.4 is 4.74 Å². The highest BCUT2D eigenvalue weighted by Gasteiger charge is 2.14. The Morgan fingerprint density at radius 3 is 2.54 bits per heavy atom. The predicted octanol–water partition coefficient (Wildman–Crippen LogP) is 4.17. The fraction of sp³-hybridized carbons (Fsp3) is 0.111. The number of alkyl halides is 2. The van der Waals surface area contributed by atoms with Crippen molar-refractivity contribution in [1.82, 2.24) is 9.55 Å². The van der Waals surface area contributed by atoms with E-state index in [0.29, 0.717) is 17.5 Å². The molecule has 1 aromatic heterocycles. The summed E-state index contributed by atoms with van der Waals surface area (Å²) >= 11 is 0. The molecule has 1 heterocycles. The van der Waals surface area contributed by atoms with Gasteiger partial charge in [0.15, 0.2) is 6.29 Å². The highest BCUT2D eigenvalue weighted by atomic mass is 19.3. The molecule has 0 bridgehead atoms. The molecule has 4 nitrogen and oxygen atoms in total. The number of ether oxygens (including phenoxy) is 1. The summed E-state index contributed by atoms with van der Waals surface area (Å²) in [6.45, 7) is -3.00. The van der Waals surface area contributed by atoms with Crippen LogP contribution in [0.1, 0.15) is 10.4 Å². The summed E-state index contributed by atoms with van der Waals surface area (Å²) < 4.78 is 31.3. The molecule has 24 heavy (non-hydrogen) atoms. The van der Waals surface area contributed by atoms with Crippen molar-refractivity contribution in [2.75, 3.05) is 0 Å². The maximum atomic E-state index is 12.5. The third-order valence-electron chi connectivity index (χ3n) is 3.56. The van der Waals surface area contributed by atoms with Crippen molar-refractivity contribution in [2.45, 2.75) is 6.61 Å². The molecule has 0 saturated carbocycles. The zero-order valence-electron chi connectivity index (χ0n) is 12.8. The number of aromatic nitrogens is 2. The normalized spacial score (nSPS) is 10.8. The third-order valence-corrected chi connectivity index (χ3v) is 3.56. The lowest BCUT2D eigenvalue weighted by atomic mass is 10.1. The van der Waals surface area contributed by atoms with Crippen molar-refractivity contribution in [2.24, 2.45) is 7.05 Å². The molecule has 0 N–H and O–H groups in total. The Morgan fingerprint density at radius 2 is 1.88 bits per heavy atom. The molecule has 0 spiro atoms. The first-order valence-corrected chi connectivity index (χ1v) is 7.21. The van der Waals surface area contributed by atoms with Gasteiger partial charge in [-0.1, -0.05) is 36.4 Å². The summed E-state index contributed by atoms with van der Waals surface area (Å²) in [7, 11) is 1.86. The van der Waals surface area contributed by atoms with Crippen molar-refractivity contribution in [1.29, 1.82) is 0 Å². The number of rotatable bonds is 5. The molecule has 0 unspecified atom stereocenters. The first-order valence-electron chi connectivity index (χ1n) is 7.21. The van der Waals surface area contributed by atoms with Crippen LogP contribution in [-0.4, -0.2) is 22.4 Å². The number of halogens is 2. The number of nitrogens with zero attached hydrogens (tertiary/aromatic N) is 2. The molecule has 0 saturated heterocycles. The lowest BCUT2D eigenvalue weighted by Gasteiger charge is -2.08. The van der Waals surface area contributed by atoms with Crippen molar-refractivity contribution in [3.63, 3.8) is 0 Å². The van der Waals surface area contributed by atoms with Gasteiger partial charge in [-0.3, -0.25) is 4.79 Å². The van der Waals surface area contributed by atoms with E-state index in [0.717, 1.165) is 11.4 Å². The van der Waals surface area contributed by atoms with Gasteiger partial charge in [0.05, 0.1) is 11.3 Å². The second-order valence-electron chi connectivity index (χ2n) is 5.18. The zero-order valence-corrected chi connectivity index (χ0v) is 12.8. The lowest BCUT2D eigenvalue weighted by Crippen LogP contribution is -2.04. The van der Waals surface area contributed by atoms with E-state index in [1.165, 1.54) is 12.1 Å². The summed E-state index contributed by atoms with van der Waals surface area (Å²) in [5.41, 5.74) is 2.21. The van der Waals surface area contributed by atoms with Crippen molar-refractivity contribution >= 4 is 6.29 Å². The van der Waals surface area contributed by atoms with Gasteiger partial charge in [-0.15, -0.1) is 0 Å². The van der Waals surface area contributed by atoms with Crippen LogP contribution in [-0.2, 0) is 7.05 Å². The summed E-state index contributed by atoms with van der Waals surface area (Å²) in [6.07, 6.45) is 2.28. The predicted molar refractivity (Wildman–Crippen MR) is 86.1 cm³/mol. The van der Waals surface area contributed by atoms with Crippen LogP contribution in [0.15, 0.2) is 54.7 Å². The van der Waals surface area contributed by atoms with Gasteiger partial charge in [0.1, 0.15) is 11.6 Å². The van der Waals surface area contributed by atoms with E-state index in [9.17, 15) is 13.6 Å². The topological polar surface area (TPSA) is 44.1 Å². The summed E-state index contributed by atoms with van der Waals surface area (Å²) in [5.74, 6) is 0.589. The van der Waals surface area contributed by atoms with Crippen LogP contribution >= 0.6 is 0 Å². The summed E-state index contributed by atoms with van der Waals surface area (Å²) in [4.78, 5) is 15.5. The number of hydrogen-bond acceptors (Lipinski definition) is 3. The van der Waals surface area contributed by atoms with Crippen LogP contribution in [0.3, 0.4) is 0 Å². The Morgan fingerprint density at radius 1 is 1.12 bits per heavy atom. The molecule has 6 heteroatoms. The first kappa shape index (κ1) is 15.9. The minimum absolute atomic E-state index is 0.0678. The highest BCUT2D eigenvalue weighted by Crippen LogP contribution is 2.29. The average molecular weight is 328 g/mol. The molecular formula is C18H14F2N2O2. The number of aldehydes is 1. The molecule has 0 fully saturated rings. The van der Waals surface area contributed by atoms with Gasteiger partial charge >= 0.3 is 6.61 Å². The van der Waals surface area contributed by atoms with E-state index in [1.54, 1.807) is 12.3 Å². The fourth-order valence-electron chi connectivity index (χ4n) is 2.45. The molecule has 0 aliphatic carbocycles. The molecule has 3 aromatic rings. The Bertz CT molecular complexity index is 861. The molecule has 0 radical (unpaired) electrons. The van der Waals surface area contributed by atoms with Gasteiger partial charge in [0, 0.05) is 24.4 Å². The minimum atomic E-state index is -3.00. The summed E-state index contributed by atoms with van der Waals surface area (Å²) in [6, 6.07) is 14.1. The maximum absolute atomic E-state index is 12.5.